The van der Waals surface area contributed by atoms with Gasteiger partial charge in [0.05, 0.1) is 6.54 Å². The van der Waals surface area contributed by atoms with Crippen LogP contribution in [0.1, 0.15) is 35.7 Å². The molecule has 0 atom stereocenters. The maximum absolute atomic E-state index is 12.3. The van der Waals surface area contributed by atoms with Crippen molar-refractivity contribution in [2.75, 3.05) is 6.54 Å². The summed E-state index contributed by atoms with van der Waals surface area (Å²) < 4.78 is 2.04. The topological polar surface area (TPSA) is 34.0 Å². The van der Waals surface area contributed by atoms with Gasteiger partial charge in [-0.3, -0.25) is 4.79 Å². The predicted octanol–water partition coefficient (Wildman–Crippen LogP) is 2.68. The second-order valence-electron chi connectivity index (χ2n) is 5.44. The Kier molecular flexibility index (Phi) is 3.15. The number of fused-ring (bicyclic) bond motifs is 1. The molecule has 1 aromatic heterocycles. The number of rotatable bonds is 5. The molecule has 3 nitrogen and oxygen atoms in total. The maximum Gasteiger partial charge on any atom is 0.178 e. The van der Waals surface area contributed by atoms with Gasteiger partial charge in [0.2, 0.25) is 0 Å². The van der Waals surface area contributed by atoms with E-state index in [-0.39, 0.29) is 5.78 Å². The molecule has 0 radical (unpaired) electrons. The fourth-order valence-corrected chi connectivity index (χ4v) is 2.50. The van der Waals surface area contributed by atoms with Gasteiger partial charge in [-0.05, 0) is 37.0 Å². The van der Waals surface area contributed by atoms with Crippen molar-refractivity contribution in [2.24, 2.45) is 7.05 Å². The Balaban J connectivity index is 1.94. The van der Waals surface area contributed by atoms with Crippen LogP contribution in [0.2, 0.25) is 0 Å². The highest BCUT2D eigenvalue weighted by molar-refractivity contribution is 6.09. The summed E-state index contributed by atoms with van der Waals surface area (Å²) in [6, 6.07) is 6.97. The molecule has 1 saturated carbocycles. The second kappa shape index (κ2) is 4.82. The third kappa shape index (κ3) is 2.43. The molecular weight excluding hydrogens is 236 g/mol. The van der Waals surface area contributed by atoms with Crippen LogP contribution in [0, 0.1) is 0 Å². The fourth-order valence-electron chi connectivity index (χ4n) is 2.50. The Morgan fingerprint density at radius 3 is 2.89 bits per heavy atom. The molecule has 0 unspecified atom stereocenters. The van der Waals surface area contributed by atoms with Gasteiger partial charge < -0.3 is 9.88 Å². The summed E-state index contributed by atoms with van der Waals surface area (Å²) in [5.41, 5.74) is 3.26. The minimum absolute atomic E-state index is 0.200. The van der Waals surface area contributed by atoms with Gasteiger partial charge in [-0.25, -0.2) is 0 Å². The van der Waals surface area contributed by atoms with Crippen molar-refractivity contribution in [3.8, 4) is 0 Å². The van der Waals surface area contributed by atoms with Crippen molar-refractivity contribution >= 4 is 16.7 Å². The summed E-state index contributed by atoms with van der Waals surface area (Å²) in [7, 11) is 2.00. The van der Waals surface area contributed by atoms with Crippen LogP contribution in [0.15, 0.2) is 24.4 Å². The van der Waals surface area contributed by atoms with Crippen LogP contribution < -0.4 is 5.32 Å². The van der Waals surface area contributed by atoms with Crippen LogP contribution in [-0.4, -0.2) is 22.9 Å². The van der Waals surface area contributed by atoms with Crippen molar-refractivity contribution in [2.45, 2.75) is 32.2 Å². The van der Waals surface area contributed by atoms with E-state index < -0.39 is 0 Å². The largest absolute Gasteiger partial charge is 0.350 e. The average Bonchev–Trinajstić information content (AvgIpc) is 3.20. The lowest BCUT2D eigenvalue weighted by Crippen LogP contribution is -2.24. The molecule has 1 aromatic carbocycles. The zero-order valence-corrected chi connectivity index (χ0v) is 11.6. The van der Waals surface area contributed by atoms with Crippen LogP contribution in [0.4, 0.5) is 0 Å². The van der Waals surface area contributed by atoms with E-state index in [9.17, 15) is 4.79 Å². The standard InChI is InChI=1S/C16H20N2O/c1-3-11-4-7-15-13(8-11)14(10-18(15)2)16(19)9-17-12-5-6-12/h4,7-8,10,12,17H,3,5-6,9H2,1-2H3. The van der Waals surface area contributed by atoms with Crippen LogP contribution in [0.25, 0.3) is 10.9 Å². The molecule has 0 saturated heterocycles. The lowest BCUT2D eigenvalue weighted by atomic mass is 10.1. The first-order valence-corrected chi connectivity index (χ1v) is 7.03. The minimum Gasteiger partial charge on any atom is -0.350 e. The normalized spacial score (nSPS) is 15.1. The molecular formula is C16H20N2O. The van der Waals surface area contributed by atoms with Gasteiger partial charge in [0.1, 0.15) is 0 Å². The third-order valence-electron chi connectivity index (χ3n) is 3.89. The van der Waals surface area contributed by atoms with Gasteiger partial charge in [0.15, 0.2) is 5.78 Å². The number of carbonyl (C=O) groups excluding carboxylic acids is 1. The van der Waals surface area contributed by atoms with Gasteiger partial charge in [0.25, 0.3) is 0 Å². The van der Waals surface area contributed by atoms with E-state index in [0.717, 1.165) is 22.9 Å². The zero-order chi connectivity index (χ0) is 13.4. The van der Waals surface area contributed by atoms with Crippen LogP contribution >= 0.6 is 0 Å². The highest BCUT2D eigenvalue weighted by atomic mass is 16.1. The number of aromatic nitrogens is 1. The Labute approximate surface area is 113 Å². The van der Waals surface area contributed by atoms with Gasteiger partial charge in [-0.2, -0.15) is 0 Å². The number of Topliss-reactive ketones (excluding diaryl/α,β-unsaturated/α-hetero) is 1. The Morgan fingerprint density at radius 1 is 1.42 bits per heavy atom. The lowest BCUT2D eigenvalue weighted by molar-refractivity contribution is 0.0992. The summed E-state index contributed by atoms with van der Waals surface area (Å²) in [4.78, 5) is 12.3. The first kappa shape index (κ1) is 12.4. The monoisotopic (exact) mass is 256 g/mol. The van der Waals surface area contributed by atoms with E-state index >= 15 is 0 Å². The van der Waals surface area contributed by atoms with Gasteiger partial charge >= 0.3 is 0 Å². The van der Waals surface area contributed by atoms with E-state index in [2.05, 4.69) is 30.4 Å². The van der Waals surface area contributed by atoms with E-state index in [1.54, 1.807) is 0 Å². The number of benzene rings is 1. The first-order valence-electron chi connectivity index (χ1n) is 7.03. The van der Waals surface area contributed by atoms with Crippen LogP contribution in [0.3, 0.4) is 0 Å². The van der Waals surface area contributed by atoms with Crippen molar-refractivity contribution in [1.82, 2.24) is 9.88 Å². The molecule has 1 aliphatic rings. The molecule has 19 heavy (non-hydrogen) atoms. The molecule has 1 N–H and O–H groups in total. The Morgan fingerprint density at radius 2 is 2.21 bits per heavy atom. The average molecular weight is 256 g/mol. The fraction of sp³-hybridized carbons (Fsp3) is 0.438. The van der Waals surface area contributed by atoms with E-state index in [1.165, 1.54) is 18.4 Å². The summed E-state index contributed by atoms with van der Waals surface area (Å²) >= 11 is 0. The minimum atomic E-state index is 0.200. The number of ketones is 1. The molecule has 100 valence electrons. The molecule has 1 heterocycles. The smallest absolute Gasteiger partial charge is 0.178 e. The SMILES string of the molecule is CCc1ccc2c(c1)c(C(=O)CNC1CC1)cn2C. The molecule has 0 spiro atoms. The summed E-state index contributed by atoms with van der Waals surface area (Å²) in [6.45, 7) is 2.60. The number of nitrogens with one attached hydrogen (secondary N) is 1. The number of hydrogen-bond acceptors (Lipinski definition) is 2. The number of hydrogen-bond donors (Lipinski definition) is 1. The van der Waals surface area contributed by atoms with Gasteiger partial charge in [-0.15, -0.1) is 0 Å². The summed E-state index contributed by atoms with van der Waals surface area (Å²) in [6.07, 6.45) is 5.38. The summed E-state index contributed by atoms with van der Waals surface area (Å²) in [5.74, 6) is 0.200. The van der Waals surface area contributed by atoms with Crippen molar-refractivity contribution in [3.05, 3.63) is 35.5 Å². The van der Waals surface area contributed by atoms with Crippen LogP contribution in [0.5, 0.6) is 0 Å². The van der Waals surface area contributed by atoms with Gasteiger partial charge in [-0.1, -0.05) is 13.0 Å². The first-order chi connectivity index (χ1) is 9.19. The predicted molar refractivity (Wildman–Crippen MR) is 77.7 cm³/mol. The number of carbonyl (C=O) groups is 1. The molecule has 0 aliphatic heterocycles. The van der Waals surface area contributed by atoms with Crippen LogP contribution in [-0.2, 0) is 13.5 Å². The van der Waals surface area contributed by atoms with E-state index in [0.29, 0.717) is 12.6 Å². The maximum atomic E-state index is 12.3. The van der Waals surface area contributed by atoms with Crippen molar-refractivity contribution in [3.63, 3.8) is 0 Å². The number of aryl methyl sites for hydroxylation is 2. The highest BCUT2D eigenvalue weighted by Gasteiger charge is 2.22. The Hall–Kier alpha value is -1.61. The second-order valence-corrected chi connectivity index (χ2v) is 5.44. The number of nitrogens with zero attached hydrogens (tertiary/aromatic N) is 1. The molecule has 3 heteroatoms. The molecule has 2 aromatic rings. The summed E-state index contributed by atoms with van der Waals surface area (Å²) in [5, 5.41) is 4.39. The van der Waals surface area contributed by atoms with Crippen molar-refractivity contribution < 1.29 is 4.79 Å². The molecule has 0 amide bonds. The lowest BCUT2D eigenvalue weighted by Gasteiger charge is -2.02. The molecule has 1 fully saturated rings. The Bertz CT molecular complexity index is 623. The van der Waals surface area contributed by atoms with E-state index in [1.807, 2.05) is 17.8 Å². The van der Waals surface area contributed by atoms with Gasteiger partial charge in [0, 0.05) is 35.8 Å². The molecule has 1 aliphatic carbocycles. The highest BCUT2D eigenvalue weighted by Crippen LogP contribution is 2.23. The van der Waals surface area contributed by atoms with E-state index in [4.69, 9.17) is 0 Å². The zero-order valence-electron chi connectivity index (χ0n) is 11.6. The molecule has 3 rings (SSSR count). The molecule has 0 bridgehead atoms. The quantitative estimate of drug-likeness (QED) is 0.835. The third-order valence-corrected chi connectivity index (χ3v) is 3.89. The van der Waals surface area contributed by atoms with Crippen molar-refractivity contribution in [1.29, 1.82) is 0 Å².